The summed E-state index contributed by atoms with van der Waals surface area (Å²) in [7, 11) is -1.94. The van der Waals surface area contributed by atoms with E-state index in [1.54, 1.807) is 7.05 Å². The number of hydrogen-bond donors (Lipinski definition) is 1. The lowest BCUT2D eigenvalue weighted by molar-refractivity contribution is 0.497. The topological polar surface area (TPSA) is 106 Å². The molecule has 2 aromatic rings. The molecule has 1 aliphatic rings. The van der Waals surface area contributed by atoms with Crippen molar-refractivity contribution in [3.63, 3.8) is 0 Å². The lowest BCUT2D eigenvalue weighted by atomic mass is 10.0. The highest BCUT2D eigenvalue weighted by atomic mass is 32.2. The van der Waals surface area contributed by atoms with Crippen molar-refractivity contribution in [2.45, 2.75) is 49.4 Å². The number of nitrogens with one attached hydrogen (secondary N) is 1. The van der Waals surface area contributed by atoms with Crippen molar-refractivity contribution in [3.05, 3.63) is 18.0 Å². The van der Waals surface area contributed by atoms with Gasteiger partial charge in [0, 0.05) is 13.5 Å². The lowest BCUT2D eigenvalue weighted by Gasteiger charge is -2.05. The van der Waals surface area contributed by atoms with Gasteiger partial charge >= 0.3 is 0 Å². The third-order valence-corrected chi connectivity index (χ3v) is 5.55. The maximum Gasteiger partial charge on any atom is 0.267 e. The van der Waals surface area contributed by atoms with Crippen LogP contribution in [-0.2, 0) is 29.1 Å². The van der Waals surface area contributed by atoms with E-state index in [2.05, 4.69) is 25.3 Å². The minimum Gasteiger partial charge on any atom is -0.262 e. The molecule has 0 saturated heterocycles. The molecule has 0 aliphatic heterocycles. The van der Waals surface area contributed by atoms with Crippen molar-refractivity contribution in [1.29, 1.82) is 0 Å². The SMILES string of the molecule is Cn1ncnc1CS(=O)(=O)c1n[nH]c(CCC2CCCC2)n1. The van der Waals surface area contributed by atoms with Crippen LogP contribution in [0.3, 0.4) is 0 Å². The molecule has 120 valence electrons. The monoisotopic (exact) mass is 324 g/mol. The first kappa shape index (κ1) is 15.1. The Morgan fingerprint density at radius 3 is 2.82 bits per heavy atom. The van der Waals surface area contributed by atoms with Gasteiger partial charge in [-0.1, -0.05) is 25.7 Å². The third-order valence-electron chi connectivity index (χ3n) is 4.18. The van der Waals surface area contributed by atoms with E-state index in [1.165, 1.54) is 36.7 Å². The fourth-order valence-corrected chi connectivity index (χ4v) is 4.02. The Morgan fingerprint density at radius 1 is 1.36 bits per heavy atom. The molecule has 0 unspecified atom stereocenters. The van der Waals surface area contributed by atoms with Gasteiger partial charge in [-0.15, -0.1) is 5.10 Å². The molecule has 2 aromatic heterocycles. The summed E-state index contributed by atoms with van der Waals surface area (Å²) >= 11 is 0. The van der Waals surface area contributed by atoms with Crippen LogP contribution in [0.15, 0.2) is 11.5 Å². The molecule has 9 heteroatoms. The highest BCUT2D eigenvalue weighted by Gasteiger charge is 2.23. The van der Waals surface area contributed by atoms with E-state index in [9.17, 15) is 8.42 Å². The van der Waals surface area contributed by atoms with Crippen LogP contribution in [0.25, 0.3) is 0 Å². The highest BCUT2D eigenvalue weighted by molar-refractivity contribution is 7.90. The Balaban J connectivity index is 1.65. The maximum atomic E-state index is 12.3. The summed E-state index contributed by atoms with van der Waals surface area (Å²) in [5.41, 5.74) is 0. The molecule has 8 nitrogen and oxygen atoms in total. The molecular weight excluding hydrogens is 304 g/mol. The van der Waals surface area contributed by atoms with Gasteiger partial charge in [0.25, 0.3) is 5.16 Å². The van der Waals surface area contributed by atoms with Gasteiger partial charge in [-0.3, -0.25) is 9.78 Å². The molecule has 0 atom stereocenters. The van der Waals surface area contributed by atoms with Gasteiger partial charge in [0.1, 0.15) is 23.7 Å². The number of sulfone groups is 1. The summed E-state index contributed by atoms with van der Waals surface area (Å²) in [5, 5.41) is 10.3. The summed E-state index contributed by atoms with van der Waals surface area (Å²) in [5.74, 6) is 1.51. The Hall–Kier alpha value is -1.77. The van der Waals surface area contributed by atoms with Crippen LogP contribution in [-0.4, -0.2) is 38.4 Å². The second-order valence-corrected chi connectivity index (χ2v) is 7.70. The zero-order valence-corrected chi connectivity index (χ0v) is 13.4. The van der Waals surface area contributed by atoms with Crippen molar-refractivity contribution in [1.82, 2.24) is 29.9 Å². The number of aromatic amines is 1. The maximum absolute atomic E-state index is 12.3. The Kier molecular flexibility index (Phi) is 4.23. The van der Waals surface area contributed by atoms with Gasteiger partial charge in [-0.2, -0.15) is 5.10 Å². The van der Waals surface area contributed by atoms with E-state index in [1.807, 2.05) is 0 Å². The van der Waals surface area contributed by atoms with E-state index < -0.39 is 9.84 Å². The van der Waals surface area contributed by atoms with E-state index in [-0.39, 0.29) is 10.9 Å². The average molecular weight is 324 g/mol. The zero-order valence-electron chi connectivity index (χ0n) is 12.6. The first-order chi connectivity index (χ1) is 10.5. The van der Waals surface area contributed by atoms with Crippen LogP contribution < -0.4 is 0 Å². The van der Waals surface area contributed by atoms with Gasteiger partial charge in [-0.25, -0.2) is 18.4 Å². The standard InChI is InChI=1S/C13H20N6O2S/c1-19-12(14-9-15-19)8-22(20,21)13-16-11(17-18-13)7-6-10-4-2-3-5-10/h9-10H,2-8H2,1H3,(H,16,17,18). The van der Waals surface area contributed by atoms with Gasteiger partial charge in [0.2, 0.25) is 9.84 Å². The van der Waals surface area contributed by atoms with Crippen molar-refractivity contribution >= 4 is 9.84 Å². The Labute approximate surface area is 129 Å². The fraction of sp³-hybridized carbons (Fsp3) is 0.692. The lowest BCUT2D eigenvalue weighted by Crippen LogP contribution is -2.11. The fourth-order valence-electron chi connectivity index (χ4n) is 2.85. The smallest absolute Gasteiger partial charge is 0.262 e. The van der Waals surface area contributed by atoms with E-state index in [0.717, 1.165) is 18.8 Å². The minimum absolute atomic E-state index is 0.156. The predicted octanol–water partition coefficient (Wildman–Crippen LogP) is 1.03. The van der Waals surface area contributed by atoms with Crippen LogP contribution in [0.1, 0.15) is 43.8 Å². The molecule has 3 rings (SSSR count). The Morgan fingerprint density at radius 2 is 2.14 bits per heavy atom. The average Bonchev–Trinajstić information content (AvgIpc) is 3.19. The van der Waals surface area contributed by atoms with Crippen LogP contribution in [0.5, 0.6) is 0 Å². The summed E-state index contributed by atoms with van der Waals surface area (Å²) in [4.78, 5) is 8.07. The van der Waals surface area contributed by atoms with Crippen LogP contribution >= 0.6 is 0 Å². The van der Waals surface area contributed by atoms with Crippen LogP contribution in [0, 0.1) is 5.92 Å². The summed E-state index contributed by atoms with van der Waals surface area (Å²) in [6.07, 6.45) is 8.26. The first-order valence-electron chi connectivity index (χ1n) is 7.51. The number of H-pyrrole nitrogens is 1. The molecule has 1 N–H and O–H groups in total. The molecule has 1 aliphatic carbocycles. The zero-order chi connectivity index (χ0) is 15.6. The van der Waals surface area contributed by atoms with Crippen molar-refractivity contribution in [2.24, 2.45) is 13.0 Å². The quantitative estimate of drug-likeness (QED) is 0.850. The van der Waals surface area contributed by atoms with Gasteiger partial charge in [0.05, 0.1) is 0 Å². The second kappa shape index (κ2) is 6.15. The molecule has 0 radical (unpaired) electrons. The number of nitrogens with zero attached hydrogens (tertiary/aromatic N) is 5. The van der Waals surface area contributed by atoms with Crippen molar-refractivity contribution in [3.8, 4) is 0 Å². The normalized spacial score (nSPS) is 16.4. The summed E-state index contributed by atoms with van der Waals surface area (Å²) in [6.45, 7) is 0. The number of aromatic nitrogens is 6. The molecule has 2 heterocycles. The minimum atomic E-state index is -3.60. The van der Waals surface area contributed by atoms with E-state index in [4.69, 9.17) is 0 Å². The van der Waals surface area contributed by atoms with Gasteiger partial charge < -0.3 is 0 Å². The van der Waals surface area contributed by atoms with Crippen molar-refractivity contribution < 1.29 is 8.42 Å². The molecule has 1 saturated carbocycles. The largest absolute Gasteiger partial charge is 0.267 e. The van der Waals surface area contributed by atoms with Gasteiger partial charge in [-0.05, 0) is 12.3 Å². The van der Waals surface area contributed by atoms with Gasteiger partial charge in [0.15, 0.2) is 0 Å². The highest BCUT2D eigenvalue weighted by Crippen LogP contribution is 2.28. The number of hydrogen-bond acceptors (Lipinski definition) is 6. The predicted molar refractivity (Wildman–Crippen MR) is 78.6 cm³/mol. The number of aryl methyl sites for hydroxylation is 2. The molecular formula is C13H20N6O2S. The second-order valence-electron chi connectivity index (χ2n) is 5.81. The van der Waals surface area contributed by atoms with Crippen LogP contribution in [0.4, 0.5) is 0 Å². The molecule has 0 spiro atoms. The molecule has 0 bridgehead atoms. The van der Waals surface area contributed by atoms with Crippen molar-refractivity contribution in [2.75, 3.05) is 0 Å². The summed E-state index contributed by atoms with van der Waals surface area (Å²) in [6, 6.07) is 0. The number of rotatable bonds is 6. The summed E-state index contributed by atoms with van der Waals surface area (Å²) < 4.78 is 26.0. The van der Waals surface area contributed by atoms with Crippen LogP contribution in [0.2, 0.25) is 0 Å². The van der Waals surface area contributed by atoms with E-state index >= 15 is 0 Å². The molecule has 1 fully saturated rings. The Bertz CT molecular complexity index is 729. The third kappa shape index (κ3) is 3.34. The first-order valence-corrected chi connectivity index (χ1v) is 9.17. The van der Waals surface area contributed by atoms with E-state index in [0.29, 0.717) is 11.6 Å². The molecule has 0 amide bonds. The molecule has 0 aromatic carbocycles. The molecule has 22 heavy (non-hydrogen) atoms.